The van der Waals surface area contributed by atoms with Crippen molar-refractivity contribution >= 4 is 17.9 Å². The molecule has 0 bridgehead atoms. The Kier molecular flexibility index (Phi) is 63.1. The zero-order chi connectivity index (χ0) is 59.9. The minimum Gasteiger partial charge on any atom is -0.462 e. The Hall–Kier alpha value is -6.27. The molecule has 0 saturated heterocycles. The zero-order valence-electron chi connectivity index (χ0n) is 52.4. The van der Waals surface area contributed by atoms with Crippen LogP contribution in [0.3, 0.4) is 0 Å². The van der Waals surface area contributed by atoms with Gasteiger partial charge in [-0.1, -0.05) is 265 Å². The highest BCUT2D eigenvalue weighted by atomic mass is 16.6. The number of unbranched alkanes of at least 4 members (excludes halogenated alkanes) is 8. The van der Waals surface area contributed by atoms with E-state index in [1.165, 1.54) is 0 Å². The molecule has 6 nitrogen and oxygen atoms in total. The van der Waals surface area contributed by atoms with Crippen LogP contribution in [0.2, 0.25) is 0 Å². The van der Waals surface area contributed by atoms with Gasteiger partial charge in [-0.15, -0.1) is 0 Å². The van der Waals surface area contributed by atoms with Gasteiger partial charge in [-0.3, -0.25) is 14.4 Å². The van der Waals surface area contributed by atoms with Crippen LogP contribution >= 0.6 is 0 Å². The van der Waals surface area contributed by atoms with Crippen LogP contribution in [0, 0.1) is 0 Å². The van der Waals surface area contributed by atoms with E-state index in [1.54, 1.807) is 0 Å². The second-order valence-corrected chi connectivity index (χ2v) is 20.2. The maximum Gasteiger partial charge on any atom is 0.306 e. The molecule has 0 aromatic heterocycles. The average molecular weight is 1140 g/mol. The van der Waals surface area contributed by atoms with Gasteiger partial charge in [0.05, 0.1) is 0 Å². The van der Waals surface area contributed by atoms with E-state index in [0.717, 1.165) is 173 Å². The number of allylic oxidation sites excluding steroid dienone is 36. The molecule has 1 unspecified atom stereocenters. The fourth-order valence-corrected chi connectivity index (χ4v) is 7.77. The van der Waals surface area contributed by atoms with Crippen molar-refractivity contribution in [2.45, 2.75) is 232 Å². The molecule has 0 aliphatic heterocycles. The van der Waals surface area contributed by atoms with E-state index in [4.69, 9.17) is 14.2 Å². The van der Waals surface area contributed by atoms with E-state index in [-0.39, 0.29) is 44.0 Å². The minimum absolute atomic E-state index is 0.138. The van der Waals surface area contributed by atoms with Crippen LogP contribution in [-0.4, -0.2) is 37.2 Å². The number of hydrogen-bond acceptors (Lipinski definition) is 6. The van der Waals surface area contributed by atoms with Gasteiger partial charge in [0.1, 0.15) is 13.2 Å². The van der Waals surface area contributed by atoms with Crippen molar-refractivity contribution in [1.29, 1.82) is 0 Å². The Morgan fingerprint density at radius 3 is 0.759 bits per heavy atom. The molecular formula is C77H114O6. The first-order valence-electron chi connectivity index (χ1n) is 32.2. The third-order valence-electron chi connectivity index (χ3n) is 12.5. The van der Waals surface area contributed by atoms with Gasteiger partial charge < -0.3 is 14.2 Å². The smallest absolute Gasteiger partial charge is 0.306 e. The summed E-state index contributed by atoms with van der Waals surface area (Å²) in [5, 5.41) is 0. The number of carbonyl (C=O) groups excluding carboxylic acids is 3. The number of esters is 3. The molecule has 0 saturated carbocycles. The van der Waals surface area contributed by atoms with Crippen molar-refractivity contribution in [1.82, 2.24) is 0 Å². The molecule has 0 spiro atoms. The third-order valence-corrected chi connectivity index (χ3v) is 12.5. The van der Waals surface area contributed by atoms with Crippen molar-refractivity contribution in [2.24, 2.45) is 0 Å². The summed E-state index contributed by atoms with van der Waals surface area (Å²) in [6, 6.07) is 0. The largest absolute Gasteiger partial charge is 0.462 e. The normalized spacial score (nSPS) is 13.6. The molecule has 0 aromatic rings. The van der Waals surface area contributed by atoms with Crippen LogP contribution in [0.15, 0.2) is 219 Å². The van der Waals surface area contributed by atoms with Crippen molar-refractivity contribution in [3.63, 3.8) is 0 Å². The Morgan fingerprint density at radius 2 is 0.458 bits per heavy atom. The second-order valence-electron chi connectivity index (χ2n) is 20.2. The molecule has 0 amide bonds. The minimum atomic E-state index is -0.850. The van der Waals surface area contributed by atoms with Gasteiger partial charge in [-0.2, -0.15) is 0 Å². The molecule has 83 heavy (non-hydrogen) atoms. The summed E-state index contributed by atoms with van der Waals surface area (Å²) < 4.78 is 16.8. The van der Waals surface area contributed by atoms with Gasteiger partial charge in [-0.05, 0) is 161 Å². The SMILES string of the molecule is CC/C=C\C/C=C\C/C=C\C/C=C\C/C=C\C/C=C\C/C=C\CCCCCCCC(=O)OCC(COC(=O)CC/C=C\C/C=C\C/C=C\C/C=C\CC)OC(=O)CCCCC/C=C\C/C=C\C/C=C\C/C=C\C/C=C\C/C=C\C/C=C\CC. The molecule has 0 aliphatic carbocycles. The van der Waals surface area contributed by atoms with Crippen LogP contribution in [0.25, 0.3) is 0 Å². The first-order valence-corrected chi connectivity index (χ1v) is 32.2. The first kappa shape index (κ1) is 76.7. The Balaban J connectivity index is 4.55. The Bertz CT molecular complexity index is 2080. The topological polar surface area (TPSA) is 78.9 Å². The highest BCUT2D eigenvalue weighted by Crippen LogP contribution is 2.12. The summed E-state index contributed by atoms with van der Waals surface area (Å²) in [4.78, 5) is 38.3. The fraction of sp³-hybridized carbons (Fsp3) is 0.494. The second kappa shape index (κ2) is 68.2. The first-order chi connectivity index (χ1) is 41.0. The summed E-state index contributed by atoms with van der Waals surface area (Å²) in [6.07, 6.45) is 107. The molecule has 6 heteroatoms. The molecule has 0 aromatic carbocycles. The lowest BCUT2D eigenvalue weighted by Crippen LogP contribution is -2.30. The molecular weight excluding hydrogens is 1020 g/mol. The number of carbonyl (C=O) groups is 3. The van der Waals surface area contributed by atoms with Crippen LogP contribution in [0.4, 0.5) is 0 Å². The monoisotopic (exact) mass is 1130 g/mol. The van der Waals surface area contributed by atoms with E-state index in [2.05, 4.69) is 227 Å². The van der Waals surface area contributed by atoms with Gasteiger partial charge in [0.15, 0.2) is 6.10 Å². The van der Waals surface area contributed by atoms with E-state index >= 15 is 0 Å². The molecule has 0 fully saturated rings. The standard InChI is InChI=1S/C77H114O6/c1-4-7-10-13-16-19-22-25-27-29-31-33-35-37-38-40-41-43-45-47-49-52-55-58-61-64-67-70-76(79)82-73-74(72-81-75(78)69-66-63-60-57-54-51-24-21-18-15-12-9-6-3)83-77(80)71-68-65-62-59-56-53-50-48-46-44-42-39-36-34-32-30-28-26-23-20-17-14-11-8-5-2/h7-12,16-21,25-28,31-34,37-39,41-43,46-49,51,53-54,56,60,63,74H,4-6,13-15,22-24,29-30,35-36,40,44-45,50,52,55,57-59,61-62,64-73H2,1-3H3/b10-7-,11-8-,12-9-,19-16-,20-17-,21-18-,27-25-,28-26-,33-31-,34-32-,38-37-,42-39-,43-41-,48-46-,49-47-,54-51-,56-53-,63-60-. The van der Waals surface area contributed by atoms with Gasteiger partial charge in [0.2, 0.25) is 0 Å². The highest BCUT2D eigenvalue weighted by Gasteiger charge is 2.19. The number of rotatable bonds is 55. The maximum absolute atomic E-state index is 12.9. The van der Waals surface area contributed by atoms with Crippen LogP contribution in [0.5, 0.6) is 0 Å². The van der Waals surface area contributed by atoms with Gasteiger partial charge in [0.25, 0.3) is 0 Å². The quantitative estimate of drug-likeness (QED) is 0.0261. The summed E-state index contributed by atoms with van der Waals surface area (Å²) in [5.41, 5.74) is 0. The average Bonchev–Trinajstić information content (AvgIpc) is 3.49. The lowest BCUT2D eigenvalue weighted by molar-refractivity contribution is -0.166. The Morgan fingerprint density at radius 1 is 0.241 bits per heavy atom. The summed E-state index contributed by atoms with van der Waals surface area (Å²) in [5.74, 6) is -1.09. The molecule has 0 radical (unpaired) electrons. The molecule has 0 heterocycles. The van der Waals surface area contributed by atoms with Crippen molar-refractivity contribution < 1.29 is 28.6 Å². The zero-order valence-corrected chi connectivity index (χ0v) is 52.4. The lowest BCUT2D eigenvalue weighted by Gasteiger charge is -2.18. The molecule has 1 atom stereocenters. The summed E-state index contributed by atoms with van der Waals surface area (Å²) >= 11 is 0. The number of ether oxygens (including phenoxy) is 3. The van der Waals surface area contributed by atoms with Crippen molar-refractivity contribution in [3.05, 3.63) is 219 Å². The predicted molar refractivity (Wildman–Crippen MR) is 361 cm³/mol. The van der Waals surface area contributed by atoms with Gasteiger partial charge >= 0.3 is 17.9 Å². The van der Waals surface area contributed by atoms with Crippen LogP contribution in [-0.2, 0) is 28.6 Å². The Labute approximate surface area is 508 Å². The molecule has 0 rings (SSSR count). The third kappa shape index (κ3) is 66.4. The van der Waals surface area contributed by atoms with Crippen LogP contribution < -0.4 is 0 Å². The van der Waals surface area contributed by atoms with E-state index in [1.807, 2.05) is 12.2 Å². The molecule has 0 aliphatic rings. The van der Waals surface area contributed by atoms with Crippen LogP contribution in [0.1, 0.15) is 226 Å². The predicted octanol–water partition coefficient (Wildman–Crippen LogP) is 22.5. The fourth-order valence-electron chi connectivity index (χ4n) is 7.77. The van der Waals surface area contributed by atoms with E-state index in [0.29, 0.717) is 19.3 Å². The molecule has 458 valence electrons. The summed E-state index contributed by atoms with van der Waals surface area (Å²) in [6.45, 7) is 6.16. The van der Waals surface area contributed by atoms with Crippen molar-refractivity contribution in [3.8, 4) is 0 Å². The maximum atomic E-state index is 12.9. The summed E-state index contributed by atoms with van der Waals surface area (Å²) in [7, 11) is 0. The lowest BCUT2D eigenvalue weighted by atomic mass is 10.1. The van der Waals surface area contributed by atoms with Crippen molar-refractivity contribution in [2.75, 3.05) is 13.2 Å². The van der Waals surface area contributed by atoms with Gasteiger partial charge in [0, 0.05) is 19.3 Å². The highest BCUT2D eigenvalue weighted by molar-refractivity contribution is 5.71. The van der Waals surface area contributed by atoms with E-state index < -0.39 is 6.10 Å². The number of hydrogen-bond donors (Lipinski definition) is 0. The van der Waals surface area contributed by atoms with Gasteiger partial charge in [-0.25, -0.2) is 0 Å². The molecule has 0 N–H and O–H groups in total. The van der Waals surface area contributed by atoms with E-state index in [9.17, 15) is 14.4 Å².